The van der Waals surface area contributed by atoms with Gasteiger partial charge in [-0.2, -0.15) is 4.98 Å². The van der Waals surface area contributed by atoms with Crippen LogP contribution in [0.15, 0.2) is 17.1 Å². The molecular weight excluding hydrogens is 218 g/mol. The topological polar surface area (TPSA) is 109 Å². The second-order valence-electron chi connectivity index (χ2n) is 3.08. The number of nitrogens with two attached hydrogens (primary N) is 1. The number of nitrogen functional groups attached to an aromatic ring is 1. The van der Waals surface area contributed by atoms with Gasteiger partial charge in [0.2, 0.25) is 0 Å². The van der Waals surface area contributed by atoms with E-state index in [9.17, 15) is 4.79 Å². The van der Waals surface area contributed by atoms with Crippen LogP contribution in [0.25, 0.3) is 0 Å². The van der Waals surface area contributed by atoms with E-state index in [1.807, 2.05) is 0 Å². The lowest BCUT2D eigenvalue weighted by molar-refractivity contribution is -0.159. The monoisotopic (exact) mass is 229 g/mol. The summed E-state index contributed by atoms with van der Waals surface area (Å²) >= 11 is 0. The van der Waals surface area contributed by atoms with Gasteiger partial charge >= 0.3 is 5.69 Å². The normalized spacial score (nSPS) is 24.6. The summed E-state index contributed by atoms with van der Waals surface area (Å²) < 4.78 is 11.0. The van der Waals surface area contributed by atoms with Gasteiger partial charge in [-0.15, -0.1) is 4.73 Å². The lowest BCUT2D eigenvalue weighted by Crippen LogP contribution is -2.36. The first kappa shape index (κ1) is 10.9. The Hall–Kier alpha value is -1.64. The van der Waals surface area contributed by atoms with Crippen LogP contribution in [0.4, 0.5) is 5.82 Å². The molecule has 0 aliphatic carbocycles. The molecule has 0 bridgehead atoms. The van der Waals surface area contributed by atoms with Crippen LogP contribution in [0, 0.1) is 0 Å². The number of aliphatic hydroxyl groups excluding tert-OH is 1. The lowest BCUT2D eigenvalue weighted by Gasteiger charge is -2.12. The van der Waals surface area contributed by atoms with Crippen molar-refractivity contribution < 1.29 is 19.4 Å². The van der Waals surface area contributed by atoms with Crippen molar-refractivity contribution in [3.05, 3.63) is 22.7 Å². The fraction of sp³-hybridized carbons (Fsp3) is 0.500. The molecule has 1 aliphatic heterocycles. The molecule has 8 heteroatoms. The van der Waals surface area contributed by atoms with E-state index in [2.05, 4.69) is 4.98 Å². The Balaban J connectivity index is 2.02. The van der Waals surface area contributed by atoms with Crippen LogP contribution in [0.2, 0.25) is 0 Å². The van der Waals surface area contributed by atoms with Gasteiger partial charge in [-0.3, -0.25) is 0 Å². The quantitative estimate of drug-likeness (QED) is 0.613. The molecule has 0 saturated carbocycles. The van der Waals surface area contributed by atoms with Gasteiger partial charge in [-0.1, -0.05) is 0 Å². The third-order valence-corrected chi connectivity index (χ3v) is 1.90. The van der Waals surface area contributed by atoms with Crippen LogP contribution in [-0.4, -0.2) is 40.6 Å². The molecule has 0 unspecified atom stereocenters. The highest BCUT2D eigenvalue weighted by Gasteiger charge is 2.27. The third-order valence-electron chi connectivity index (χ3n) is 1.90. The maximum Gasteiger partial charge on any atom is 0.382 e. The first-order valence-electron chi connectivity index (χ1n) is 4.59. The van der Waals surface area contributed by atoms with E-state index in [1.165, 1.54) is 12.3 Å². The molecule has 0 aromatic carbocycles. The zero-order chi connectivity index (χ0) is 11.5. The van der Waals surface area contributed by atoms with Gasteiger partial charge < -0.3 is 25.2 Å². The summed E-state index contributed by atoms with van der Waals surface area (Å²) in [6.45, 7) is -0.142. The summed E-state index contributed by atoms with van der Waals surface area (Å²) in [5.41, 5.74) is 4.67. The number of hydrogen-bond donors (Lipinski definition) is 2. The van der Waals surface area contributed by atoms with Crippen molar-refractivity contribution >= 4 is 5.82 Å². The molecule has 1 aromatic rings. The number of hydrogen-bond acceptors (Lipinski definition) is 7. The van der Waals surface area contributed by atoms with Crippen LogP contribution < -0.4 is 16.3 Å². The minimum absolute atomic E-state index is 0.113. The Kier molecular flexibility index (Phi) is 3.04. The first-order chi connectivity index (χ1) is 7.69. The van der Waals surface area contributed by atoms with Gasteiger partial charge in [0.15, 0.2) is 6.29 Å². The minimum atomic E-state index is -0.750. The number of nitrogens with zero attached hydrogens (tertiary/aromatic N) is 2. The molecular formula is C8H11N3O5. The number of rotatable bonds is 3. The molecule has 3 N–H and O–H groups in total. The van der Waals surface area contributed by atoms with E-state index in [0.29, 0.717) is 0 Å². The van der Waals surface area contributed by atoms with Crippen molar-refractivity contribution in [2.75, 3.05) is 18.9 Å². The van der Waals surface area contributed by atoms with Crippen molar-refractivity contribution in [3.63, 3.8) is 0 Å². The molecule has 8 nitrogen and oxygen atoms in total. The zero-order valence-corrected chi connectivity index (χ0v) is 8.28. The van der Waals surface area contributed by atoms with Crippen molar-refractivity contribution in [1.82, 2.24) is 9.71 Å². The summed E-state index contributed by atoms with van der Waals surface area (Å²) in [5.74, 6) is 0.113. The highest BCUT2D eigenvalue weighted by atomic mass is 16.9. The SMILES string of the molecule is Nc1ccn(O[C@@H]2CO[C@@H](CO)O2)c(=O)n1. The zero-order valence-electron chi connectivity index (χ0n) is 8.28. The molecule has 1 fully saturated rings. The van der Waals surface area contributed by atoms with Gasteiger partial charge in [-0.05, 0) is 0 Å². The summed E-state index contributed by atoms with van der Waals surface area (Å²) in [7, 11) is 0. The molecule has 2 rings (SSSR count). The fourth-order valence-corrected chi connectivity index (χ4v) is 1.20. The van der Waals surface area contributed by atoms with Crippen molar-refractivity contribution in [1.29, 1.82) is 0 Å². The highest BCUT2D eigenvalue weighted by Crippen LogP contribution is 2.09. The van der Waals surface area contributed by atoms with E-state index in [1.54, 1.807) is 0 Å². The Bertz CT molecular complexity index is 420. The van der Waals surface area contributed by atoms with E-state index < -0.39 is 18.3 Å². The van der Waals surface area contributed by atoms with E-state index >= 15 is 0 Å². The van der Waals surface area contributed by atoms with Crippen LogP contribution in [0.1, 0.15) is 0 Å². The molecule has 88 valence electrons. The van der Waals surface area contributed by atoms with Gasteiger partial charge in [0, 0.05) is 6.07 Å². The predicted molar refractivity (Wildman–Crippen MR) is 51.2 cm³/mol. The van der Waals surface area contributed by atoms with Gasteiger partial charge in [-0.25, -0.2) is 4.79 Å². The highest BCUT2D eigenvalue weighted by molar-refractivity contribution is 5.23. The van der Waals surface area contributed by atoms with Gasteiger partial charge in [0.1, 0.15) is 12.4 Å². The molecule has 0 amide bonds. The standard InChI is InChI=1S/C8H11N3O5/c9-5-1-2-11(8(13)10-5)16-7-4-14-6(3-12)15-7/h1-2,6-7,12H,3-4H2,(H2,9,10,13)/t6-,7-/m1/s1. The number of ether oxygens (including phenoxy) is 2. The number of aliphatic hydroxyl groups is 1. The van der Waals surface area contributed by atoms with Crippen LogP contribution in [0.5, 0.6) is 0 Å². The summed E-state index contributed by atoms with van der Waals surface area (Å²) in [5, 5.41) is 8.74. The largest absolute Gasteiger partial charge is 0.391 e. The van der Waals surface area contributed by atoms with Crippen LogP contribution >= 0.6 is 0 Å². The Morgan fingerprint density at radius 2 is 2.56 bits per heavy atom. The molecule has 0 spiro atoms. The van der Waals surface area contributed by atoms with Crippen LogP contribution in [0.3, 0.4) is 0 Å². The molecule has 1 saturated heterocycles. The average Bonchev–Trinajstić information content (AvgIpc) is 2.70. The fourth-order valence-electron chi connectivity index (χ4n) is 1.20. The predicted octanol–water partition coefficient (Wildman–Crippen LogP) is -2.05. The van der Waals surface area contributed by atoms with Crippen molar-refractivity contribution in [3.8, 4) is 0 Å². The van der Waals surface area contributed by atoms with Crippen LogP contribution in [-0.2, 0) is 9.47 Å². The van der Waals surface area contributed by atoms with Crippen molar-refractivity contribution in [2.45, 2.75) is 12.6 Å². The molecule has 2 atom stereocenters. The number of aromatic nitrogens is 2. The number of anilines is 1. The van der Waals surface area contributed by atoms with E-state index in [0.717, 1.165) is 4.73 Å². The average molecular weight is 229 g/mol. The smallest absolute Gasteiger partial charge is 0.382 e. The second kappa shape index (κ2) is 4.47. The van der Waals surface area contributed by atoms with E-state index in [-0.39, 0.29) is 19.0 Å². The maximum atomic E-state index is 11.3. The van der Waals surface area contributed by atoms with Gasteiger partial charge in [0.25, 0.3) is 6.29 Å². The Morgan fingerprint density at radius 3 is 3.19 bits per heavy atom. The summed E-state index contributed by atoms with van der Waals surface area (Å²) in [6, 6.07) is 1.42. The molecule has 1 aromatic heterocycles. The molecule has 0 radical (unpaired) electrons. The second-order valence-corrected chi connectivity index (χ2v) is 3.08. The minimum Gasteiger partial charge on any atom is -0.391 e. The lowest BCUT2D eigenvalue weighted by atomic mass is 10.6. The Morgan fingerprint density at radius 1 is 1.75 bits per heavy atom. The Labute approximate surface area is 90.1 Å². The summed E-state index contributed by atoms with van der Waals surface area (Å²) in [4.78, 5) is 19.9. The third kappa shape index (κ3) is 2.30. The molecule has 16 heavy (non-hydrogen) atoms. The van der Waals surface area contributed by atoms with E-state index in [4.69, 9.17) is 25.2 Å². The summed E-state index contributed by atoms with van der Waals surface area (Å²) in [6.07, 6.45) is -0.136. The molecule has 1 aliphatic rings. The maximum absolute atomic E-state index is 11.3. The molecule has 2 heterocycles. The first-order valence-corrected chi connectivity index (χ1v) is 4.59. The van der Waals surface area contributed by atoms with Crippen molar-refractivity contribution in [2.24, 2.45) is 0 Å². The van der Waals surface area contributed by atoms with Gasteiger partial charge in [0.05, 0.1) is 12.8 Å².